The van der Waals surface area contributed by atoms with E-state index in [4.69, 9.17) is 14.2 Å². The summed E-state index contributed by atoms with van der Waals surface area (Å²) in [5, 5.41) is 2.46. The molecular weight excluding hydrogens is 524 g/mol. The number of benzene rings is 2. The average molecular weight is 563 g/mol. The summed E-state index contributed by atoms with van der Waals surface area (Å²) < 4.78 is 16.4. The fourth-order valence-electron chi connectivity index (χ4n) is 5.60. The summed E-state index contributed by atoms with van der Waals surface area (Å²) in [7, 11) is 1.41. The third-order valence-corrected chi connectivity index (χ3v) is 8.30. The lowest BCUT2D eigenvalue weighted by molar-refractivity contribution is -0.140. The Hall–Kier alpha value is -3.98. The number of nitrogens with one attached hydrogen (secondary N) is 1. The van der Waals surface area contributed by atoms with Gasteiger partial charge < -0.3 is 19.5 Å². The third kappa shape index (κ3) is 6.85. The van der Waals surface area contributed by atoms with Crippen LogP contribution in [0.15, 0.2) is 60.3 Å². The van der Waals surface area contributed by atoms with Crippen molar-refractivity contribution in [3.8, 4) is 11.1 Å². The van der Waals surface area contributed by atoms with E-state index in [-0.39, 0.29) is 24.2 Å². The fraction of sp³-hybridized carbons (Fsp3) is 0.438. The Bertz CT molecular complexity index is 1260. The van der Waals surface area contributed by atoms with E-state index in [1.54, 1.807) is 0 Å². The van der Waals surface area contributed by atoms with Gasteiger partial charge in [0.15, 0.2) is 0 Å². The van der Waals surface area contributed by atoms with E-state index >= 15 is 0 Å². The first-order valence-corrected chi connectivity index (χ1v) is 14.1. The zero-order valence-electron chi connectivity index (χ0n) is 24.0. The molecule has 9 heteroatoms. The number of amides is 2. The van der Waals surface area contributed by atoms with Crippen LogP contribution in [0.4, 0.5) is 4.79 Å². The van der Waals surface area contributed by atoms with Crippen LogP contribution >= 0.6 is 0 Å². The second-order valence-electron chi connectivity index (χ2n) is 10.7. The molecule has 1 N–H and O–H groups in total. The minimum Gasteiger partial charge on any atom is -0.433 e. The quantitative estimate of drug-likeness (QED) is 0.175. The van der Waals surface area contributed by atoms with Crippen LogP contribution in [0.1, 0.15) is 63.5 Å². The van der Waals surface area contributed by atoms with Crippen molar-refractivity contribution in [2.75, 3.05) is 13.7 Å². The summed E-state index contributed by atoms with van der Waals surface area (Å²) in [6.45, 7) is 6.43. The molecule has 41 heavy (non-hydrogen) atoms. The standard InChI is InChI=1S/C32H38N2O7/c1-5-20(2)21(3)28-14-15-29(40-28)34(19-35)17-22(31(37)33-4)16-30(36)41-32(38)39-18-27-25-12-8-6-10-23(25)24-11-7-9-13-26(24)27/h6-13,17,19-21,27-29H,5,14-16,18H2,1-4H3,(H,33,37)/b22-17-/t20?,21?,28?,29-/m1/s1. The van der Waals surface area contributed by atoms with E-state index in [1.165, 1.54) is 18.1 Å². The van der Waals surface area contributed by atoms with Gasteiger partial charge in [-0.05, 0) is 46.9 Å². The van der Waals surface area contributed by atoms with Crippen molar-refractivity contribution in [2.24, 2.45) is 11.8 Å². The molecule has 1 heterocycles. The van der Waals surface area contributed by atoms with E-state index in [0.29, 0.717) is 24.7 Å². The molecule has 4 atom stereocenters. The maximum atomic E-state index is 12.6. The third-order valence-electron chi connectivity index (χ3n) is 8.30. The van der Waals surface area contributed by atoms with Gasteiger partial charge in [-0.15, -0.1) is 0 Å². The van der Waals surface area contributed by atoms with E-state index in [1.807, 2.05) is 48.5 Å². The number of hydrogen-bond donors (Lipinski definition) is 1. The summed E-state index contributed by atoms with van der Waals surface area (Å²) in [5.74, 6) is -0.964. The molecule has 0 spiro atoms. The van der Waals surface area contributed by atoms with Crippen LogP contribution in [-0.2, 0) is 28.6 Å². The molecular formula is C32H38N2O7. The largest absolute Gasteiger partial charge is 0.516 e. The van der Waals surface area contributed by atoms with Crippen LogP contribution in [0.25, 0.3) is 11.1 Å². The predicted molar refractivity (Wildman–Crippen MR) is 152 cm³/mol. The summed E-state index contributed by atoms with van der Waals surface area (Å²) in [6.07, 6.45) is 2.02. The van der Waals surface area contributed by atoms with Gasteiger partial charge in [0.2, 0.25) is 12.3 Å². The highest BCUT2D eigenvalue weighted by Gasteiger charge is 2.34. The lowest BCUT2D eigenvalue weighted by Crippen LogP contribution is -2.34. The number of carbonyl (C=O) groups excluding carboxylic acids is 4. The van der Waals surface area contributed by atoms with Crippen LogP contribution in [0.3, 0.4) is 0 Å². The smallest absolute Gasteiger partial charge is 0.433 e. The maximum Gasteiger partial charge on any atom is 0.516 e. The molecule has 9 nitrogen and oxygen atoms in total. The Kier molecular flexibility index (Phi) is 9.94. The topological polar surface area (TPSA) is 111 Å². The lowest BCUT2D eigenvalue weighted by atomic mass is 9.88. The van der Waals surface area contributed by atoms with E-state index in [0.717, 1.165) is 35.1 Å². The molecule has 2 aromatic carbocycles. The number of nitrogens with zero attached hydrogens (tertiary/aromatic N) is 1. The summed E-state index contributed by atoms with van der Waals surface area (Å²) in [6, 6.07) is 15.8. The second kappa shape index (κ2) is 13.6. The second-order valence-corrected chi connectivity index (χ2v) is 10.7. The Morgan fingerprint density at radius 3 is 2.27 bits per heavy atom. The average Bonchev–Trinajstić information content (AvgIpc) is 3.60. The Morgan fingerprint density at radius 2 is 1.68 bits per heavy atom. The van der Waals surface area contributed by atoms with Crippen molar-refractivity contribution >= 4 is 24.4 Å². The SMILES string of the molecule is CCC(C)C(C)C1CC[C@H](N(C=O)/C=C(/CC(=O)OC(=O)OCC2c3ccccc3-c3ccccc32)C(=O)NC)O1. The normalized spacial score (nSPS) is 19.5. The van der Waals surface area contributed by atoms with Crippen LogP contribution in [-0.4, -0.2) is 55.3 Å². The first-order chi connectivity index (χ1) is 19.8. The first kappa shape index (κ1) is 30.0. The molecule has 0 aromatic heterocycles. The minimum absolute atomic E-state index is 0.00668. The molecule has 1 aliphatic heterocycles. The zero-order valence-corrected chi connectivity index (χ0v) is 24.0. The number of esters is 1. The molecule has 3 unspecified atom stereocenters. The Morgan fingerprint density at radius 1 is 1.05 bits per heavy atom. The molecule has 2 aliphatic rings. The van der Waals surface area contributed by atoms with Crippen LogP contribution in [0, 0.1) is 11.8 Å². The molecule has 0 radical (unpaired) electrons. The molecule has 218 valence electrons. The molecule has 1 aliphatic carbocycles. The highest BCUT2D eigenvalue weighted by molar-refractivity contribution is 5.98. The van der Waals surface area contributed by atoms with Crippen molar-refractivity contribution < 1.29 is 33.4 Å². The van der Waals surface area contributed by atoms with Crippen LogP contribution in [0.5, 0.6) is 0 Å². The van der Waals surface area contributed by atoms with Crippen molar-refractivity contribution in [1.82, 2.24) is 10.2 Å². The lowest BCUT2D eigenvalue weighted by Gasteiger charge is -2.27. The van der Waals surface area contributed by atoms with E-state index in [9.17, 15) is 19.2 Å². The van der Waals surface area contributed by atoms with Crippen molar-refractivity contribution in [3.63, 3.8) is 0 Å². The molecule has 0 saturated carbocycles. The van der Waals surface area contributed by atoms with Gasteiger partial charge in [0, 0.05) is 24.7 Å². The number of rotatable bonds is 11. The summed E-state index contributed by atoms with van der Waals surface area (Å²) in [4.78, 5) is 50.8. The van der Waals surface area contributed by atoms with Crippen LogP contribution < -0.4 is 5.32 Å². The number of fused-ring (bicyclic) bond motifs is 3. The molecule has 0 bridgehead atoms. The predicted octanol–water partition coefficient (Wildman–Crippen LogP) is 5.14. The van der Waals surface area contributed by atoms with Gasteiger partial charge in [-0.25, -0.2) is 4.79 Å². The van der Waals surface area contributed by atoms with Gasteiger partial charge in [-0.2, -0.15) is 0 Å². The van der Waals surface area contributed by atoms with E-state index in [2.05, 4.69) is 26.1 Å². The van der Waals surface area contributed by atoms with Gasteiger partial charge in [-0.1, -0.05) is 75.7 Å². The summed E-state index contributed by atoms with van der Waals surface area (Å²) in [5.41, 5.74) is 4.17. The van der Waals surface area contributed by atoms with Gasteiger partial charge in [0.05, 0.1) is 12.5 Å². The Labute approximate surface area is 240 Å². The molecule has 1 fully saturated rings. The van der Waals surface area contributed by atoms with Crippen molar-refractivity contribution in [1.29, 1.82) is 0 Å². The minimum atomic E-state index is -1.15. The monoisotopic (exact) mass is 562 g/mol. The highest BCUT2D eigenvalue weighted by atomic mass is 16.7. The number of carbonyl (C=O) groups is 4. The molecule has 2 aromatic rings. The number of hydrogen-bond acceptors (Lipinski definition) is 7. The molecule has 1 saturated heterocycles. The Balaban J connectivity index is 1.37. The van der Waals surface area contributed by atoms with Gasteiger partial charge in [0.1, 0.15) is 12.8 Å². The number of likely N-dealkylation sites (N-methyl/N-ethyl adjacent to an activating group) is 1. The first-order valence-electron chi connectivity index (χ1n) is 14.1. The highest BCUT2D eigenvalue weighted by Crippen LogP contribution is 2.44. The summed E-state index contributed by atoms with van der Waals surface area (Å²) >= 11 is 0. The maximum absolute atomic E-state index is 12.6. The van der Waals surface area contributed by atoms with Crippen molar-refractivity contribution in [3.05, 3.63) is 71.4 Å². The fourth-order valence-corrected chi connectivity index (χ4v) is 5.60. The van der Waals surface area contributed by atoms with Crippen LogP contribution in [0.2, 0.25) is 0 Å². The van der Waals surface area contributed by atoms with Gasteiger partial charge >= 0.3 is 12.1 Å². The van der Waals surface area contributed by atoms with Gasteiger partial charge in [0.25, 0.3) is 0 Å². The van der Waals surface area contributed by atoms with E-state index < -0.39 is 30.7 Å². The number of ether oxygens (including phenoxy) is 3. The molecule has 4 rings (SSSR count). The van der Waals surface area contributed by atoms with Gasteiger partial charge in [-0.3, -0.25) is 19.3 Å². The van der Waals surface area contributed by atoms with Crippen molar-refractivity contribution in [2.45, 2.75) is 64.7 Å². The molecule has 2 amide bonds. The zero-order chi connectivity index (χ0) is 29.5.